The Morgan fingerprint density at radius 3 is 2.08 bits per heavy atom. The number of nitrogens with zero attached hydrogens (tertiary/aromatic N) is 1. The summed E-state index contributed by atoms with van der Waals surface area (Å²) in [5, 5.41) is 3.63. The number of anilines is 1. The van der Waals surface area contributed by atoms with Gasteiger partial charge in [0, 0.05) is 5.56 Å². The quantitative estimate of drug-likeness (QED) is 0.449. The molecule has 1 aromatic heterocycles. The standard InChI is InChI=1S/C23H19F3N4O7/c1-35-13-9-11(10-14(36-2)16(13)37-3)18(31)29-22(23(24,25)26)15-17(27-20(22)33)30(21(34)28-19(15)32)12-7-5-4-6-8-12/h4-10H,1-3H3,(H,27,33)(H,29,31)(H,28,32,34). The van der Waals surface area contributed by atoms with Crippen molar-refractivity contribution in [2.24, 2.45) is 0 Å². The fourth-order valence-corrected chi connectivity index (χ4v) is 4.06. The highest BCUT2D eigenvalue weighted by Crippen LogP contribution is 2.46. The van der Waals surface area contributed by atoms with Gasteiger partial charge in [-0.2, -0.15) is 13.2 Å². The summed E-state index contributed by atoms with van der Waals surface area (Å²) in [6.45, 7) is 0. The van der Waals surface area contributed by atoms with Gasteiger partial charge in [-0.05, 0) is 24.3 Å². The molecular weight excluding hydrogens is 501 g/mol. The minimum atomic E-state index is -5.51. The summed E-state index contributed by atoms with van der Waals surface area (Å²) < 4.78 is 60.1. The molecule has 4 rings (SSSR count). The van der Waals surface area contributed by atoms with E-state index >= 15 is 0 Å². The number of carbonyl (C=O) groups excluding carboxylic acids is 2. The molecule has 1 aliphatic heterocycles. The third-order valence-corrected chi connectivity index (χ3v) is 5.73. The molecule has 37 heavy (non-hydrogen) atoms. The molecule has 14 heteroatoms. The predicted molar refractivity (Wildman–Crippen MR) is 123 cm³/mol. The number of rotatable bonds is 6. The second-order valence-electron chi connectivity index (χ2n) is 7.72. The van der Waals surface area contributed by atoms with E-state index in [-0.39, 0.29) is 22.9 Å². The van der Waals surface area contributed by atoms with Gasteiger partial charge in [0.15, 0.2) is 11.5 Å². The molecule has 3 aromatic rings. The SMILES string of the molecule is COc1cc(C(=O)NC2(C(F)(F)F)C(=O)Nc3c2c(=O)[nH]c(=O)n3-c2ccccc2)cc(OC)c1OC. The molecule has 1 unspecified atom stereocenters. The van der Waals surface area contributed by atoms with Crippen molar-refractivity contribution in [3.05, 3.63) is 74.4 Å². The third kappa shape index (κ3) is 3.86. The molecule has 0 bridgehead atoms. The summed E-state index contributed by atoms with van der Waals surface area (Å²) in [4.78, 5) is 53.2. The maximum Gasteiger partial charge on any atom is 0.425 e. The fraction of sp³-hybridized carbons (Fsp3) is 0.217. The Morgan fingerprint density at radius 1 is 0.973 bits per heavy atom. The summed E-state index contributed by atoms with van der Waals surface area (Å²) in [5.74, 6) is -3.92. The van der Waals surface area contributed by atoms with Crippen molar-refractivity contribution in [3.63, 3.8) is 0 Å². The number of H-pyrrole nitrogens is 1. The maximum absolute atomic E-state index is 14.7. The monoisotopic (exact) mass is 520 g/mol. The smallest absolute Gasteiger partial charge is 0.425 e. The van der Waals surface area contributed by atoms with Crippen LogP contribution in [0.1, 0.15) is 15.9 Å². The van der Waals surface area contributed by atoms with Gasteiger partial charge in [0.1, 0.15) is 11.4 Å². The van der Waals surface area contributed by atoms with E-state index in [1.54, 1.807) is 16.4 Å². The normalized spacial score (nSPS) is 16.5. The first-order valence-electron chi connectivity index (χ1n) is 10.5. The average Bonchev–Trinajstić information content (AvgIpc) is 3.16. The van der Waals surface area contributed by atoms with E-state index in [0.29, 0.717) is 4.57 Å². The van der Waals surface area contributed by atoms with Crippen LogP contribution in [0.25, 0.3) is 5.69 Å². The number of para-hydroxylation sites is 1. The van der Waals surface area contributed by atoms with E-state index in [0.717, 1.165) is 12.1 Å². The van der Waals surface area contributed by atoms with E-state index in [1.807, 2.05) is 5.32 Å². The number of amides is 2. The molecule has 1 atom stereocenters. The number of halogens is 3. The number of hydrogen-bond donors (Lipinski definition) is 3. The average molecular weight is 520 g/mol. The largest absolute Gasteiger partial charge is 0.493 e. The molecule has 11 nitrogen and oxygen atoms in total. The number of fused-ring (bicyclic) bond motifs is 1. The van der Waals surface area contributed by atoms with E-state index in [4.69, 9.17) is 14.2 Å². The number of nitrogens with one attached hydrogen (secondary N) is 3. The Kier molecular flexibility index (Phi) is 6.19. The van der Waals surface area contributed by atoms with Gasteiger partial charge in [-0.25, -0.2) is 9.36 Å². The van der Waals surface area contributed by atoms with Crippen LogP contribution < -0.4 is 36.1 Å². The Balaban J connectivity index is 1.94. The molecule has 3 N–H and O–H groups in total. The number of benzene rings is 2. The molecule has 0 spiro atoms. The van der Waals surface area contributed by atoms with Crippen LogP contribution in [0.4, 0.5) is 19.0 Å². The van der Waals surface area contributed by atoms with Gasteiger partial charge in [0.05, 0.1) is 27.0 Å². The van der Waals surface area contributed by atoms with E-state index in [2.05, 4.69) is 0 Å². The minimum Gasteiger partial charge on any atom is -0.493 e. The zero-order valence-electron chi connectivity index (χ0n) is 19.5. The molecule has 0 fully saturated rings. The zero-order valence-corrected chi connectivity index (χ0v) is 19.5. The van der Waals surface area contributed by atoms with Gasteiger partial charge in [-0.3, -0.25) is 19.4 Å². The van der Waals surface area contributed by atoms with Crippen molar-refractivity contribution < 1.29 is 37.0 Å². The van der Waals surface area contributed by atoms with Crippen LogP contribution in [0.3, 0.4) is 0 Å². The Labute approximate surface area is 205 Å². The second-order valence-corrected chi connectivity index (χ2v) is 7.72. The van der Waals surface area contributed by atoms with Crippen LogP contribution in [0.15, 0.2) is 52.1 Å². The first-order valence-corrected chi connectivity index (χ1v) is 10.5. The molecule has 194 valence electrons. The molecule has 2 aromatic carbocycles. The van der Waals surface area contributed by atoms with Crippen LogP contribution in [-0.2, 0) is 10.3 Å². The van der Waals surface area contributed by atoms with Crippen LogP contribution in [0.5, 0.6) is 17.2 Å². The van der Waals surface area contributed by atoms with Gasteiger partial charge in [-0.1, -0.05) is 18.2 Å². The lowest BCUT2D eigenvalue weighted by Gasteiger charge is -2.30. The van der Waals surface area contributed by atoms with Crippen LogP contribution in [-0.4, -0.2) is 48.9 Å². The number of methoxy groups -OCH3 is 3. The molecule has 0 aliphatic carbocycles. The highest BCUT2D eigenvalue weighted by Gasteiger charge is 2.68. The van der Waals surface area contributed by atoms with Crippen molar-refractivity contribution >= 4 is 17.6 Å². The second kappa shape index (κ2) is 9.04. The van der Waals surface area contributed by atoms with Crippen molar-refractivity contribution in [3.8, 4) is 22.9 Å². The number of aromatic nitrogens is 2. The zero-order chi connectivity index (χ0) is 27.1. The summed E-state index contributed by atoms with van der Waals surface area (Å²) in [5.41, 5.74) is -7.97. The van der Waals surface area contributed by atoms with Gasteiger partial charge < -0.3 is 24.8 Å². The molecular formula is C23H19F3N4O7. The number of hydrogen-bond acceptors (Lipinski definition) is 7. The summed E-state index contributed by atoms with van der Waals surface area (Å²) in [6.07, 6.45) is -5.51. The van der Waals surface area contributed by atoms with Gasteiger partial charge in [0.25, 0.3) is 22.9 Å². The first-order chi connectivity index (χ1) is 17.5. The van der Waals surface area contributed by atoms with Crippen LogP contribution >= 0.6 is 0 Å². The third-order valence-electron chi connectivity index (χ3n) is 5.73. The Hall–Kier alpha value is -4.75. The predicted octanol–water partition coefficient (Wildman–Crippen LogP) is 1.69. The molecule has 1 aliphatic rings. The van der Waals surface area contributed by atoms with E-state index in [1.165, 1.54) is 45.6 Å². The summed E-state index contributed by atoms with van der Waals surface area (Å²) in [7, 11) is 3.76. The molecule has 2 amide bonds. The van der Waals surface area contributed by atoms with Crippen molar-refractivity contribution in [1.29, 1.82) is 0 Å². The molecule has 0 saturated heterocycles. The summed E-state index contributed by atoms with van der Waals surface area (Å²) >= 11 is 0. The summed E-state index contributed by atoms with van der Waals surface area (Å²) in [6, 6.07) is 9.50. The van der Waals surface area contributed by atoms with Gasteiger partial charge in [-0.15, -0.1) is 0 Å². The topological polar surface area (TPSA) is 141 Å². The first kappa shape index (κ1) is 25.3. The highest BCUT2D eigenvalue weighted by molar-refractivity contribution is 6.09. The number of aromatic amines is 1. The molecule has 0 radical (unpaired) electrons. The lowest BCUT2D eigenvalue weighted by Crippen LogP contribution is -2.62. The number of ether oxygens (including phenoxy) is 3. The van der Waals surface area contributed by atoms with E-state index < -0.39 is 51.7 Å². The van der Waals surface area contributed by atoms with Crippen LogP contribution in [0.2, 0.25) is 0 Å². The van der Waals surface area contributed by atoms with Gasteiger partial charge >= 0.3 is 11.9 Å². The molecule has 2 heterocycles. The van der Waals surface area contributed by atoms with Crippen molar-refractivity contribution in [2.45, 2.75) is 11.7 Å². The minimum absolute atomic E-state index is 0.0416. The lowest BCUT2D eigenvalue weighted by atomic mass is 9.91. The highest BCUT2D eigenvalue weighted by atomic mass is 19.4. The Morgan fingerprint density at radius 2 is 1.57 bits per heavy atom. The number of alkyl halides is 3. The maximum atomic E-state index is 14.7. The fourth-order valence-electron chi connectivity index (χ4n) is 4.06. The van der Waals surface area contributed by atoms with E-state index in [9.17, 15) is 32.3 Å². The van der Waals surface area contributed by atoms with Crippen molar-refractivity contribution in [2.75, 3.05) is 26.6 Å². The van der Waals surface area contributed by atoms with Crippen molar-refractivity contribution in [1.82, 2.24) is 14.9 Å². The molecule has 0 saturated carbocycles. The Bertz CT molecular complexity index is 1490. The van der Waals surface area contributed by atoms with Gasteiger partial charge in [0.2, 0.25) is 5.75 Å². The number of carbonyl (C=O) groups is 2. The van der Waals surface area contributed by atoms with Crippen LogP contribution in [0, 0.1) is 0 Å². The lowest BCUT2D eigenvalue weighted by molar-refractivity contribution is -0.196.